The van der Waals surface area contributed by atoms with Gasteiger partial charge in [-0.2, -0.15) is 13.2 Å². The highest BCUT2D eigenvalue weighted by molar-refractivity contribution is 7.92. The third kappa shape index (κ3) is 3.30. The first-order valence-electron chi connectivity index (χ1n) is 5.45. The molecule has 7 heteroatoms. The standard InChI is InChI=1S/C13H9F3NO2S/c14-13(15,16)10-5-4-8-12(9-10)20(18,19)17-11-6-2-1-3-7-11/h1-2,4-9,17H. The van der Waals surface area contributed by atoms with Crippen LogP contribution in [0.5, 0.6) is 0 Å². The molecule has 0 spiro atoms. The number of halogens is 3. The first kappa shape index (κ1) is 14.4. The lowest BCUT2D eigenvalue weighted by molar-refractivity contribution is -0.137. The Hall–Kier alpha value is -2.02. The Labute approximate surface area is 114 Å². The zero-order valence-electron chi connectivity index (χ0n) is 9.98. The fourth-order valence-corrected chi connectivity index (χ4v) is 2.61. The second-order valence-corrected chi connectivity index (χ2v) is 5.61. The molecule has 2 aromatic carbocycles. The van der Waals surface area contributed by atoms with Crippen LogP contribution in [0.25, 0.3) is 0 Å². The fourth-order valence-electron chi connectivity index (χ4n) is 1.51. The maximum absolute atomic E-state index is 12.6. The molecule has 1 radical (unpaired) electrons. The van der Waals surface area contributed by atoms with Crippen LogP contribution >= 0.6 is 0 Å². The maximum atomic E-state index is 12.6. The summed E-state index contributed by atoms with van der Waals surface area (Å²) in [7, 11) is -4.07. The van der Waals surface area contributed by atoms with Gasteiger partial charge in [0.25, 0.3) is 10.0 Å². The van der Waals surface area contributed by atoms with Crippen molar-refractivity contribution < 1.29 is 21.6 Å². The van der Waals surface area contributed by atoms with Gasteiger partial charge >= 0.3 is 6.18 Å². The average Bonchev–Trinajstić information content (AvgIpc) is 2.38. The van der Waals surface area contributed by atoms with Crippen LogP contribution in [0.15, 0.2) is 53.4 Å². The van der Waals surface area contributed by atoms with Crippen molar-refractivity contribution in [3.63, 3.8) is 0 Å². The summed E-state index contributed by atoms with van der Waals surface area (Å²) in [6.07, 6.45) is -4.59. The van der Waals surface area contributed by atoms with Gasteiger partial charge in [-0.1, -0.05) is 18.2 Å². The normalized spacial score (nSPS) is 12.2. The minimum absolute atomic E-state index is 0.227. The number of hydrogen-bond acceptors (Lipinski definition) is 2. The van der Waals surface area contributed by atoms with Gasteiger partial charge in [-0.05, 0) is 36.4 Å². The number of sulfonamides is 1. The highest BCUT2D eigenvalue weighted by Crippen LogP contribution is 2.30. The Balaban J connectivity index is 2.35. The summed E-state index contributed by atoms with van der Waals surface area (Å²) in [5.41, 5.74) is -0.787. The molecule has 3 nitrogen and oxygen atoms in total. The molecule has 0 saturated heterocycles. The van der Waals surface area contributed by atoms with Crippen molar-refractivity contribution in [2.24, 2.45) is 0 Å². The Morgan fingerprint density at radius 3 is 2.45 bits per heavy atom. The van der Waals surface area contributed by atoms with Crippen LogP contribution in [0, 0.1) is 6.07 Å². The average molecular weight is 300 g/mol. The molecule has 0 unspecified atom stereocenters. The summed E-state index contributed by atoms with van der Waals surface area (Å²) in [5.74, 6) is 0. The van der Waals surface area contributed by atoms with E-state index in [1.807, 2.05) is 0 Å². The van der Waals surface area contributed by atoms with Crippen LogP contribution in [0.3, 0.4) is 0 Å². The highest BCUT2D eigenvalue weighted by Gasteiger charge is 2.31. The monoisotopic (exact) mass is 300 g/mol. The first-order chi connectivity index (χ1) is 9.29. The molecule has 0 saturated carbocycles. The van der Waals surface area contributed by atoms with Crippen molar-refractivity contribution in [3.8, 4) is 0 Å². The van der Waals surface area contributed by atoms with Crippen LogP contribution in [0.4, 0.5) is 18.9 Å². The largest absolute Gasteiger partial charge is 0.416 e. The molecule has 0 atom stereocenters. The zero-order chi connectivity index (χ0) is 14.8. The fraction of sp³-hybridized carbons (Fsp3) is 0.0769. The van der Waals surface area contributed by atoms with E-state index in [2.05, 4.69) is 10.8 Å². The summed E-state index contributed by atoms with van der Waals surface area (Å²) in [6.45, 7) is 0. The van der Waals surface area contributed by atoms with E-state index in [4.69, 9.17) is 0 Å². The van der Waals surface area contributed by atoms with Gasteiger partial charge in [-0.3, -0.25) is 4.72 Å². The van der Waals surface area contributed by atoms with Gasteiger partial charge in [-0.25, -0.2) is 8.42 Å². The molecule has 20 heavy (non-hydrogen) atoms. The van der Waals surface area contributed by atoms with Gasteiger partial charge in [0.1, 0.15) is 0 Å². The number of rotatable bonds is 3. The van der Waals surface area contributed by atoms with Gasteiger partial charge in [0.05, 0.1) is 10.5 Å². The van der Waals surface area contributed by atoms with Gasteiger partial charge < -0.3 is 0 Å². The van der Waals surface area contributed by atoms with Crippen molar-refractivity contribution in [1.82, 2.24) is 0 Å². The van der Waals surface area contributed by atoms with Gasteiger partial charge in [0.15, 0.2) is 0 Å². The predicted octanol–water partition coefficient (Wildman–Crippen LogP) is 3.31. The molecule has 1 N–H and O–H groups in total. The van der Waals surface area contributed by atoms with Crippen LogP contribution in [0.1, 0.15) is 5.56 Å². The molecule has 2 rings (SSSR count). The predicted molar refractivity (Wildman–Crippen MR) is 67.5 cm³/mol. The molecule has 2 aromatic rings. The molecule has 0 heterocycles. The minimum atomic E-state index is -4.59. The third-order valence-corrected chi connectivity index (χ3v) is 3.81. The van der Waals surface area contributed by atoms with Crippen molar-refractivity contribution in [2.75, 3.05) is 4.72 Å². The molecule has 0 aromatic heterocycles. The summed E-state index contributed by atoms with van der Waals surface area (Å²) in [5, 5.41) is 0. The van der Waals surface area contributed by atoms with E-state index in [-0.39, 0.29) is 5.69 Å². The second-order valence-electron chi connectivity index (χ2n) is 3.92. The molecular weight excluding hydrogens is 291 g/mol. The number of hydrogen-bond donors (Lipinski definition) is 1. The third-order valence-electron chi connectivity index (χ3n) is 2.43. The molecule has 0 aliphatic carbocycles. The van der Waals surface area contributed by atoms with Gasteiger partial charge in [0, 0.05) is 5.69 Å². The van der Waals surface area contributed by atoms with Crippen molar-refractivity contribution in [3.05, 3.63) is 60.2 Å². The lowest BCUT2D eigenvalue weighted by Gasteiger charge is -2.10. The SMILES string of the molecule is O=S(=O)(Nc1c[c]ccc1)c1cccc(C(F)(F)F)c1. The summed E-state index contributed by atoms with van der Waals surface area (Å²) in [4.78, 5) is -0.448. The number of nitrogens with one attached hydrogen (secondary N) is 1. The second kappa shape index (κ2) is 5.16. The topological polar surface area (TPSA) is 46.2 Å². The Morgan fingerprint density at radius 2 is 1.85 bits per heavy atom. The Morgan fingerprint density at radius 1 is 1.10 bits per heavy atom. The first-order valence-corrected chi connectivity index (χ1v) is 6.93. The van der Waals surface area contributed by atoms with Crippen LogP contribution in [-0.4, -0.2) is 8.42 Å². The lowest BCUT2D eigenvalue weighted by atomic mass is 10.2. The maximum Gasteiger partial charge on any atom is 0.416 e. The van der Waals surface area contributed by atoms with Crippen molar-refractivity contribution in [1.29, 1.82) is 0 Å². The van der Waals surface area contributed by atoms with Crippen molar-refractivity contribution in [2.45, 2.75) is 11.1 Å². The van der Waals surface area contributed by atoms with E-state index in [0.717, 1.165) is 18.2 Å². The number of benzene rings is 2. The van der Waals surface area contributed by atoms with E-state index in [9.17, 15) is 21.6 Å². The van der Waals surface area contributed by atoms with E-state index in [1.54, 1.807) is 12.1 Å². The number of anilines is 1. The van der Waals surface area contributed by atoms with E-state index < -0.39 is 26.7 Å². The molecule has 105 valence electrons. The molecule has 0 aliphatic rings. The molecule has 0 amide bonds. The quantitative estimate of drug-likeness (QED) is 0.945. The zero-order valence-corrected chi connectivity index (χ0v) is 10.8. The van der Waals surface area contributed by atoms with Crippen LogP contribution in [-0.2, 0) is 16.2 Å². The molecular formula is C13H9F3NO2S. The highest BCUT2D eigenvalue weighted by atomic mass is 32.2. The molecule has 0 bridgehead atoms. The Bertz CT molecular complexity index is 697. The van der Waals surface area contributed by atoms with E-state index >= 15 is 0 Å². The van der Waals surface area contributed by atoms with Crippen LogP contribution < -0.4 is 4.72 Å². The summed E-state index contributed by atoms with van der Waals surface area (Å²) < 4.78 is 63.9. The smallest absolute Gasteiger partial charge is 0.280 e. The van der Waals surface area contributed by atoms with E-state index in [0.29, 0.717) is 6.07 Å². The number of alkyl halides is 3. The minimum Gasteiger partial charge on any atom is -0.280 e. The van der Waals surface area contributed by atoms with Gasteiger partial charge in [-0.15, -0.1) is 0 Å². The molecule has 0 aliphatic heterocycles. The lowest BCUT2D eigenvalue weighted by Crippen LogP contribution is -2.14. The van der Waals surface area contributed by atoms with Gasteiger partial charge in [0.2, 0.25) is 0 Å². The Kier molecular flexibility index (Phi) is 3.71. The van der Waals surface area contributed by atoms with Crippen molar-refractivity contribution >= 4 is 15.7 Å². The summed E-state index contributed by atoms with van der Waals surface area (Å²) in [6, 6.07) is 12.2. The van der Waals surface area contributed by atoms with E-state index in [1.165, 1.54) is 12.1 Å². The summed E-state index contributed by atoms with van der Waals surface area (Å²) >= 11 is 0. The molecule has 0 fully saturated rings. The van der Waals surface area contributed by atoms with Crippen LogP contribution in [0.2, 0.25) is 0 Å².